The number of nitrogens with zero attached hydrogens (tertiary/aromatic N) is 3. The van der Waals surface area contributed by atoms with E-state index in [0.29, 0.717) is 13.0 Å². The first-order valence-corrected chi connectivity index (χ1v) is 11.8. The number of piperazine rings is 1. The van der Waals surface area contributed by atoms with E-state index in [-0.39, 0.29) is 11.2 Å². The highest BCUT2D eigenvalue weighted by Gasteiger charge is 2.31. The average molecular weight is 426 g/mol. The molecule has 0 atom stereocenters. The number of benzene rings is 1. The third kappa shape index (κ3) is 5.83. The van der Waals surface area contributed by atoms with Crippen LogP contribution in [-0.4, -0.2) is 65.9 Å². The Balaban J connectivity index is 1.66. The molecule has 0 radical (unpaired) electrons. The fraction of sp³-hybridized carbons (Fsp3) is 0.615. The van der Waals surface area contributed by atoms with Crippen LogP contribution in [0.4, 0.5) is 0 Å². The Morgan fingerprint density at radius 1 is 1.16 bits per heavy atom. The zero-order valence-electron chi connectivity index (χ0n) is 19.8. The summed E-state index contributed by atoms with van der Waals surface area (Å²) in [5.74, 6) is 1.29. The first kappa shape index (κ1) is 23.7. The maximum atomic E-state index is 12.6. The topological polar surface area (TPSA) is 56.1 Å². The SMILES string of the molecule is C/C=C(\N=C(C)N1CCN(CCCCCO)CC1)c1ccc2c(c1)C(=O)CCC2(C)C. The van der Waals surface area contributed by atoms with E-state index in [1.54, 1.807) is 0 Å². The van der Waals surface area contributed by atoms with E-state index in [4.69, 9.17) is 10.1 Å². The van der Waals surface area contributed by atoms with Gasteiger partial charge in [0.1, 0.15) is 5.84 Å². The monoisotopic (exact) mass is 425 g/mol. The van der Waals surface area contributed by atoms with Gasteiger partial charge in [0.15, 0.2) is 5.78 Å². The lowest BCUT2D eigenvalue weighted by Crippen LogP contribution is -2.48. The zero-order chi connectivity index (χ0) is 22.4. The maximum Gasteiger partial charge on any atom is 0.163 e. The number of Topliss-reactive ketones (excluding diaryl/α,β-unsaturated/α-hetero) is 1. The van der Waals surface area contributed by atoms with Gasteiger partial charge in [-0.2, -0.15) is 0 Å². The van der Waals surface area contributed by atoms with E-state index in [1.165, 1.54) is 5.56 Å². The van der Waals surface area contributed by atoms with Gasteiger partial charge >= 0.3 is 0 Å². The molecule has 1 fully saturated rings. The predicted molar refractivity (Wildman–Crippen MR) is 129 cm³/mol. The average Bonchev–Trinajstić information content (AvgIpc) is 2.78. The van der Waals surface area contributed by atoms with Gasteiger partial charge in [-0.25, -0.2) is 4.99 Å². The van der Waals surface area contributed by atoms with Crippen LogP contribution in [0.15, 0.2) is 29.3 Å². The molecular formula is C26H39N3O2. The van der Waals surface area contributed by atoms with E-state index < -0.39 is 0 Å². The summed E-state index contributed by atoms with van der Waals surface area (Å²) < 4.78 is 0. The second-order valence-corrected chi connectivity index (χ2v) is 9.51. The Morgan fingerprint density at radius 2 is 1.90 bits per heavy atom. The Morgan fingerprint density at radius 3 is 2.58 bits per heavy atom. The molecule has 0 amide bonds. The van der Waals surface area contributed by atoms with Crippen LogP contribution in [0.2, 0.25) is 0 Å². The molecule has 0 spiro atoms. The van der Waals surface area contributed by atoms with Crippen LogP contribution < -0.4 is 0 Å². The van der Waals surface area contributed by atoms with Crippen molar-refractivity contribution in [2.24, 2.45) is 4.99 Å². The van der Waals surface area contributed by atoms with Gasteiger partial charge in [-0.3, -0.25) is 9.69 Å². The lowest BCUT2D eigenvalue weighted by Gasteiger charge is -2.36. The fourth-order valence-electron chi connectivity index (χ4n) is 4.68. The molecule has 1 saturated heterocycles. The number of aliphatic imine (C=N–C) groups is 1. The molecule has 1 aliphatic heterocycles. The normalized spacial score (nSPS) is 20.2. The number of hydrogen-bond donors (Lipinski definition) is 1. The number of carbonyl (C=O) groups is 1. The third-order valence-corrected chi connectivity index (χ3v) is 6.84. The van der Waals surface area contributed by atoms with Gasteiger partial charge in [0.2, 0.25) is 0 Å². The molecule has 3 rings (SSSR count). The highest BCUT2D eigenvalue weighted by atomic mass is 16.2. The summed E-state index contributed by atoms with van der Waals surface area (Å²) in [7, 11) is 0. The number of rotatable bonds is 7. The largest absolute Gasteiger partial charge is 0.396 e. The molecule has 0 aromatic heterocycles. The van der Waals surface area contributed by atoms with Crippen molar-refractivity contribution >= 4 is 17.3 Å². The van der Waals surface area contributed by atoms with E-state index >= 15 is 0 Å². The summed E-state index contributed by atoms with van der Waals surface area (Å²) in [5.41, 5.74) is 4.04. The van der Waals surface area contributed by atoms with Gasteiger partial charge in [0.05, 0.1) is 5.70 Å². The molecule has 170 valence electrons. The van der Waals surface area contributed by atoms with Crippen molar-refractivity contribution < 1.29 is 9.90 Å². The van der Waals surface area contributed by atoms with Gasteiger partial charge < -0.3 is 10.0 Å². The van der Waals surface area contributed by atoms with Gasteiger partial charge in [0.25, 0.3) is 0 Å². The summed E-state index contributed by atoms with van der Waals surface area (Å²) >= 11 is 0. The maximum absolute atomic E-state index is 12.6. The molecule has 0 unspecified atom stereocenters. The Hall–Kier alpha value is -1.98. The van der Waals surface area contributed by atoms with E-state index in [2.05, 4.69) is 48.8 Å². The predicted octanol–water partition coefficient (Wildman–Crippen LogP) is 4.50. The molecule has 1 aromatic rings. The smallest absolute Gasteiger partial charge is 0.163 e. The Bertz CT molecular complexity index is 833. The third-order valence-electron chi connectivity index (χ3n) is 6.84. The van der Waals surface area contributed by atoms with Crippen LogP contribution in [-0.2, 0) is 5.41 Å². The quantitative estimate of drug-likeness (QED) is 0.397. The summed E-state index contributed by atoms with van der Waals surface area (Å²) in [6, 6.07) is 6.30. The number of aliphatic hydroxyl groups excluding tert-OH is 1. The van der Waals surface area contributed by atoms with Crippen molar-refractivity contribution in [2.45, 2.75) is 65.2 Å². The summed E-state index contributed by atoms with van der Waals surface area (Å²) in [5, 5.41) is 8.91. The number of unbranched alkanes of at least 4 members (excludes halogenated alkanes) is 2. The molecule has 2 aliphatic rings. The molecule has 0 bridgehead atoms. The van der Waals surface area contributed by atoms with E-state index in [0.717, 1.165) is 81.1 Å². The van der Waals surface area contributed by atoms with Crippen molar-refractivity contribution in [3.05, 3.63) is 41.0 Å². The van der Waals surface area contributed by atoms with Crippen molar-refractivity contribution in [2.75, 3.05) is 39.3 Å². The second kappa shape index (κ2) is 10.6. The Labute approximate surface area is 187 Å². The van der Waals surface area contributed by atoms with Crippen LogP contribution in [0.5, 0.6) is 0 Å². The Kier molecular flexibility index (Phi) is 8.06. The molecule has 5 nitrogen and oxygen atoms in total. The minimum Gasteiger partial charge on any atom is -0.396 e. The molecule has 0 saturated carbocycles. The number of fused-ring (bicyclic) bond motifs is 1. The minimum atomic E-state index is 0.0504. The summed E-state index contributed by atoms with van der Waals surface area (Å²) in [6.07, 6.45) is 6.75. The zero-order valence-corrected chi connectivity index (χ0v) is 19.8. The first-order chi connectivity index (χ1) is 14.9. The van der Waals surface area contributed by atoms with Crippen molar-refractivity contribution in [1.82, 2.24) is 9.80 Å². The van der Waals surface area contributed by atoms with E-state index in [9.17, 15) is 4.79 Å². The van der Waals surface area contributed by atoms with Gasteiger partial charge in [-0.15, -0.1) is 0 Å². The molecule has 1 heterocycles. The number of aliphatic hydroxyl groups is 1. The summed E-state index contributed by atoms with van der Waals surface area (Å²) in [4.78, 5) is 22.4. The summed E-state index contributed by atoms with van der Waals surface area (Å²) in [6.45, 7) is 14.1. The molecule has 31 heavy (non-hydrogen) atoms. The molecule has 5 heteroatoms. The van der Waals surface area contributed by atoms with Gasteiger partial charge in [-0.05, 0) is 63.1 Å². The minimum absolute atomic E-state index is 0.0504. The number of carbonyl (C=O) groups excluding carboxylic acids is 1. The van der Waals surface area contributed by atoms with Gasteiger partial charge in [-0.1, -0.05) is 32.1 Å². The first-order valence-electron chi connectivity index (χ1n) is 11.8. The number of hydrogen-bond acceptors (Lipinski definition) is 4. The van der Waals surface area contributed by atoms with Crippen molar-refractivity contribution in [3.63, 3.8) is 0 Å². The number of allylic oxidation sites excluding steroid dienone is 1. The van der Waals surface area contributed by atoms with Crippen molar-refractivity contribution in [3.8, 4) is 0 Å². The number of amidine groups is 1. The molecule has 1 aliphatic carbocycles. The van der Waals surface area contributed by atoms with E-state index in [1.807, 2.05) is 13.0 Å². The number of ketones is 1. The lowest BCUT2D eigenvalue weighted by molar-refractivity contribution is 0.0956. The van der Waals surface area contributed by atoms with Crippen LogP contribution in [0, 0.1) is 0 Å². The van der Waals surface area contributed by atoms with Crippen LogP contribution in [0.3, 0.4) is 0 Å². The molecule has 1 aromatic carbocycles. The second-order valence-electron chi connectivity index (χ2n) is 9.51. The lowest BCUT2D eigenvalue weighted by atomic mass is 9.72. The van der Waals surface area contributed by atoms with Crippen LogP contribution in [0.1, 0.15) is 81.3 Å². The van der Waals surface area contributed by atoms with Gasteiger partial charge in [0, 0.05) is 50.3 Å². The van der Waals surface area contributed by atoms with Crippen molar-refractivity contribution in [1.29, 1.82) is 0 Å². The fourth-order valence-corrected chi connectivity index (χ4v) is 4.68. The van der Waals surface area contributed by atoms with Crippen LogP contribution >= 0.6 is 0 Å². The highest BCUT2D eigenvalue weighted by molar-refractivity contribution is 6.00. The molecule has 1 N–H and O–H groups in total. The van der Waals surface area contributed by atoms with Crippen LogP contribution in [0.25, 0.3) is 5.70 Å². The molecular weight excluding hydrogens is 386 g/mol. The highest BCUT2D eigenvalue weighted by Crippen LogP contribution is 2.37. The standard InChI is InChI=1S/C26H39N3O2/c1-5-24(21-9-10-23-22(19-21)25(31)11-12-26(23,3)4)27-20(2)29-16-14-28(15-17-29)13-7-6-8-18-30/h5,9-10,19,30H,6-8,11-18H2,1-4H3/b24-5-,27-20?.